The normalized spacial score (nSPS) is 18.4. The Morgan fingerprint density at radius 1 is 1.47 bits per heavy atom. The monoisotopic (exact) mass is 228 g/mol. The fourth-order valence-electron chi connectivity index (χ4n) is 2.36. The van der Waals surface area contributed by atoms with Crippen molar-refractivity contribution in [3.63, 3.8) is 0 Å². The van der Waals surface area contributed by atoms with Crippen LogP contribution in [0.15, 0.2) is 18.2 Å². The molecule has 0 saturated heterocycles. The highest BCUT2D eigenvalue weighted by Crippen LogP contribution is 2.35. The fraction of sp³-hybridized carbons (Fsp3) is 0.429. The van der Waals surface area contributed by atoms with E-state index in [0.717, 1.165) is 16.7 Å². The van der Waals surface area contributed by atoms with E-state index < -0.39 is 6.04 Å². The van der Waals surface area contributed by atoms with Gasteiger partial charge in [0.05, 0.1) is 6.07 Å². The lowest BCUT2D eigenvalue weighted by molar-refractivity contribution is 0.0736. The SMILES string of the molecule is Cc1cccc2c1C(=O)N(CC(C)C)C2C#N. The standard InChI is InChI=1S/C14H16N2O/c1-9(2)8-16-12(7-15)11-6-4-5-10(3)13(11)14(16)17/h4-6,9,12H,8H2,1-3H3. The maximum absolute atomic E-state index is 12.3. The first kappa shape index (κ1) is 11.7. The summed E-state index contributed by atoms with van der Waals surface area (Å²) in [6, 6.07) is 7.53. The van der Waals surface area contributed by atoms with E-state index in [-0.39, 0.29) is 5.91 Å². The molecule has 1 aliphatic heterocycles. The zero-order valence-corrected chi connectivity index (χ0v) is 10.4. The zero-order chi connectivity index (χ0) is 12.6. The Hall–Kier alpha value is -1.82. The summed E-state index contributed by atoms with van der Waals surface area (Å²) >= 11 is 0. The first-order chi connectivity index (χ1) is 8.06. The van der Waals surface area contributed by atoms with Gasteiger partial charge in [-0.2, -0.15) is 5.26 Å². The predicted octanol–water partition coefficient (Wildman–Crippen LogP) is 2.67. The van der Waals surface area contributed by atoms with E-state index in [1.807, 2.05) is 25.1 Å². The molecule has 0 aliphatic carbocycles. The van der Waals surface area contributed by atoms with E-state index in [1.165, 1.54) is 0 Å². The lowest BCUT2D eigenvalue weighted by Gasteiger charge is -2.21. The summed E-state index contributed by atoms with van der Waals surface area (Å²) < 4.78 is 0. The molecule has 0 aromatic heterocycles. The quantitative estimate of drug-likeness (QED) is 0.781. The summed E-state index contributed by atoms with van der Waals surface area (Å²) in [7, 11) is 0. The molecule has 1 aliphatic rings. The Bertz CT molecular complexity index is 499. The number of fused-ring (bicyclic) bond motifs is 1. The number of benzene rings is 1. The van der Waals surface area contributed by atoms with Gasteiger partial charge in [0.15, 0.2) is 0 Å². The molecule has 1 unspecified atom stereocenters. The van der Waals surface area contributed by atoms with E-state index in [1.54, 1.807) is 4.90 Å². The molecule has 1 aromatic rings. The van der Waals surface area contributed by atoms with E-state index in [4.69, 9.17) is 0 Å². The van der Waals surface area contributed by atoms with Crippen molar-refractivity contribution in [3.8, 4) is 6.07 Å². The molecule has 3 heteroatoms. The van der Waals surface area contributed by atoms with Crippen molar-refractivity contribution in [2.45, 2.75) is 26.8 Å². The molecule has 17 heavy (non-hydrogen) atoms. The van der Waals surface area contributed by atoms with Gasteiger partial charge in [0.2, 0.25) is 0 Å². The van der Waals surface area contributed by atoms with Gasteiger partial charge < -0.3 is 4.90 Å². The average Bonchev–Trinajstić information content (AvgIpc) is 2.53. The van der Waals surface area contributed by atoms with Gasteiger partial charge in [-0.3, -0.25) is 4.79 Å². The van der Waals surface area contributed by atoms with Crippen LogP contribution in [0, 0.1) is 24.2 Å². The summed E-state index contributed by atoms with van der Waals surface area (Å²) in [5, 5.41) is 9.26. The maximum atomic E-state index is 12.3. The van der Waals surface area contributed by atoms with Crippen LogP contribution in [0.25, 0.3) is 0 Å². The summed E-state index contributed by atoms with van der Waals surface area (Å²) in [6.45, 7) is 6.66. The highest BCUT2D eigenvalue weighted by molar-refractivity contribution is 6.01. The van der Waals surface area contributed by atoms with Crippen LogP contribution in [-0.4, -0.2) is 17.4 Å². The highest BCUT2D eigenvalue weighted by atomic mass is 16.2. The van der Waals surface area contributed by atoms with Crippen LogP contribution in [0.2, 0.25) is 0 Å². The second-order valence-corrected chi connectivity index (χ2v) is 4.92. The minimum atomic E-state index is -0.417. The summed E-state index contributed by atoms with van der Waals surface area (Å²) in [5.74, 6) is 0.364. The Labute approximate surface area is 102 Å². The Morgan fingerprint density at radius 2 is 2.18 bits per heavy atom. The van der Waals surface area contributed by atoms with Crippen molar-refractivity contribution >= 4 is 5.91 Å². The topological polar surface area (TPSA) is 44.1 Å². The smallest absolute Gasteiger partial charge is 0.255 e. The van der Waals surface area contributed by atoms with Crippen LogP contribution in [-0.2, 0) is 0 Å². The number of hydrogen-bond acceptors (Lipinski definition) is 2. The molecule has 1 aromatic carbocycles. The van der Waals surface area contributed by atoms with Crippen molar-refractivity contribution in [2.24, 2.45) is 5.92 Å². The van der Waals surface area contributed by atoms with Gasteiger partial charge in [0.1, 0.15) is 6.04 Å². The Balaban J connectivity index is 2.48. The third-order valence-electron chi connectivity index (χ3n) is 3.07. The number of carbonyl (C=O) groups excluding carboxylic acids is 1. The summed E-state index contributed by atoms with van der Waals surface area (Å²) in [6.07, 6.45) is 0. The molecular formula is C14H16N2O. The van der Waals surface area contributed by atoms with Crippen LogP contribution in [0.1, 0.15) is 41.4 Å². The molecule has 0 spiro atoms. The van der Waals surface area contributed by atoms with Crippen LogP contribution in [0.4, 0.5) is 0 Å². The van der Waals surface area contributed by atoms with Crippen molar-refractivity contribution in [1.82, 2.24) is 4.90 Å². The number of nitriles is 1. The molecule has 0 bridgehead atoms. The molecule has 0 fully saturated rings. The molecule has 0 radical (unpaired) electrons. The number of amides is 1. The minimum absolute atomic E-state index is 0.00153. The number of aryl methyl sites for hydroxylation is 1. The third-order valence-corrected chi connectivity index (χ3v) is 3.07. The number of rotatable bonds is 2. The predicted molar refractivity (Wildman–Crippen MR) is 65.4 cm³/mol. The molecular weight excluding hydrogens is 212 g/mol. The Morgan fingerprint density at radius 3 is 2.76 bits per heavy atom. The Kier molecular flexibility index (Phi) is 2.89. The lowest BCUT2D eigenvalue weighted by atomic mass is 10.0. The molecule has 1 heterocycles. The lowest BCUT2D eigenvalue weighted by Crippen LogP contribution is -2.31. The van der Waals surface area contributed by atoms with Gasteiger partial charge in [0, 0.05) is 17.7 Å². The molecule has 1 atom stereocenters. The number of nitrogens with zero attached hydrogens (tertiary/aromatic N) is 2. The van der Waals surface area contributed by atoms with Gasteiger partial charge in [-0.15, -0.1) is 0 Å². The van der Waals surface area contributed by atoms with E-state index in [2.05, 4.69) is 19.9 Å². The largest absolute Gasteiger partial charge is 0.318 e. The van der Waals surface area contributed by atoms with Crippen molar-refractivity contribution in [3.05, 3.63) is 34.9 Å². The van der Waals surface area contributed by atoms with Crippen molar-refractivity contribution in [1.29, 1.82) is 5.26 Å². The molecule has 0 N–H and O–H groups in total. The molecule has 3 nitrogen and oxygen atoms in total. The van der Waals surface area contributed by atoms with Crippen molar-refractivity contribution in [2.75, 3.05) is 6.54 Å². The maximum Gasteiger partial charge on any atom is 0.255 e. The van der Waals surface area contributed by atoms with E-state index >= 15 is 0 Å². The molecule has 0 saturated carbocycles. The van der Waals surface area contributed by atoms with Crippen LogP contribution in [0.3, 0.4) is 0 Å². The average molecular weight is 228 g/mol. The van der Waals surface area contributed by atoms with E-state index in [0.29, 0.717) is 12.5 Å². The molecule has 88 valence electrons. The van der Waals surface area contributed by atoms with Crippen LogP contribution < -0.4 is 0 Å². The summed E-state index contributed by atoms with van der Waals surface area (Å²) in [4.78, 5) is 14.0. The molecule has 2 rings (SSSR count). The third kappa shape index (κ3) is 1.80. The zero-order valence-electron chi connectivity index (χ0n) is 10.4. The van der Waals surface area contributed by atoms with Crippen LogP contribution >= 0.6 is 0 Å². The second-order valence-electron chi connectivity index (χ2n) is 4.92. The first-order valence-corrected chi connectivity index (χ1v) is 5.86. The minimum Gasteiger partial charge on any atom is -0.318 e. The second kappa shape index (κ2) is 4.21. The van der Waals surface area contributed by atoms with E-state index in [9.17, 15) is 10.1 Å². The van der Waals surface area contributed by atoms with Crippen LogP contribution in [0.5, 0.6) is 0 Å². The fourth-order valence-corrected chi connectivity index (χ4v) is 2.36. The highest BCUT2D eigenvalue weighted by Gasteiger charge is 2.37. The van der Waals surface area contributed by atoms with Gasteiger partial charge in [-0.25, -0.2) is 0 Å². The van der Waals surface area contributed by atoms with Gasteiger partial charge in [-0.05, 0) is 18.4 Å². The number of hydrogen-bond donors (Lipinski definition) is 0. The van der Waals surface area contributed by atoms with Crippen molar-refractivity contribution < 1.29 is 4.79 Å². The van der Waals surface area contributed by atoms with Gasteiger partial charge in [0.25, 0.3) is 5.91 Å². The molecule has 1 amide bonds. The first-order valence-electron chi connectivity index (χ1n) is 5.86. The number of carbonyl (C=O) groups is 1. The van der Waals surface area contributed by atoms with Gasteiger partial charge in [-0.1, -0.05) is 32.0 Å². The summed E-state index contributed by atoms with van der Waals surface area (Å²) in [5.41, 5.74) is 2.54. The van der Waals surface area contributed by atoms with Gasteiger partial charge >= 0.3 is 0 Å².